The van der Waals surface area contributed by atoms with E-state index in [1.54, 1.807) is 0 Å². The first kappa shape index (κ1) is 21.1. The summed E-state index contributed by atoms with van der Waals surface area (Å²) >= 11 is 0. The molecule has 1 aliphatic rings. The van der Waals surface area contributed by atoms with Crippen LogP contribution >= 0.6 is 0 Å². The highest BCUT2D eigenvalue weighted by atomic mass is 16.2. The number of aryl methyl sites for hydroxylation is 3. The summed E-state index contributed by atoms with van der Waals surface area (Å²) in [5.74, 6) is 0. The molecule has 4 nitrogen and oxygen atoms in total. The Morgan fingerprint density at radius 1 is 0.970 bits per heavy atom. The number of urea groups is 1. The van der Waals surface area contributed by atoms with Gasteiger partial charge in [0.2, 0.25) is 0 Å². The van der Waals surface area contributed by atoms with Gasteiger partial charge in [-0.25, -0.2) is 4.79 Å². The van der Waals surface area contributed by atoms with Gasteiger partial charge in [0.1, 0.15) is 0 Å². The number of carbonyl (C=O) groups excluding carboxylic acids is 1. The number of hydrogen-bond acceptors (Lipinski definition) is 1. The lowest BCUT2D eigenvalue weighted by molar-refractivity contribution is 0.194. The minimum Gasteiger partial charge on any atom is -0.318 e. The number of aromatic nitrogens is 1. The molecule has 1 aromatic heterocycles. The van der Waals surface area contributed by atoms with Gasteiger partial charge in [-0.05, 0) is 66.8 Å². The average molecular weight is 436 g/mol. The Bertz CT molecular complexity index is 1300. The van der Waals surface area contributed by atoms with E-state index in [1.807, 2.05) is 30.0 Å². The van der Waals surface area contributed by atoms with Crippen molar-refractivity contribution in [2.24, 2.45) is 0 Å². The quantitative estimate of drug-likeness (QED) is 0.378. The summed E-state index contributed by atoms with van der Waals surface area (Å²) in [4.78, 5) is 15.8. The first-order valence-corrected chi connectivity index (χ1v) is 11.5. The molecule has 0 unspecified atom stereocenters. The SMILES string of the molecule is CCc1ccc([C@H]2c3cccn3-c3ccccc3CN2C(=O)Nc2ccc(C)cc2C)cc1. The van der Waals surface area contributed by atoms with Crippen LogP contribution < -0.4 is 5.32 Å². The number of amides is 2. The van der Waals surface area contributed by atoms with Crippen molar-refractivity contribution in [1.82, 2.24) is 9.47 Å². The molecule has 166 valence electrons. The number of nitrogens with zero attached hydrogens (tertiary/aromatic N) is 2. The molecule has 0 saturated heterocycles. The zero-order valence-corrected chi connectivity index (χ0v) is 19.4. The number of fused-ring (bicyclic) bond motifs is 3. The summed E-state index contributed by atoms with van der Waals surface area (Å²) in [5.41, 5.74) is 8.81. The van der Waals surface area contributed by atoms with Crippen LogP contribution in [0, 0.1) is 13.8 Å². The van der Waals surface area contributed by atoms with Gasteiger partial charge in [0.25, 0.3) is 0 Å². The molecule has 0 aliphatic carbocycles. The fourth-order valence-electron chi connectivity index (χ4n) is 4.77. The van der Waals surface area contributed by atoms with E-state index < -0.39 is 0 Å². The Labute approximate surface area is 195 Å². The Hall–Kier alpha value is -3.79. The molecule has 0 radical (unpaired) electrons. The van der Waals surface area contributed by atoms with Gasteiger partial charge >= 0.3 is 6.03 Å². The monoisotopic (exact) mass is 435 g/mol. The topological polar surface area (TPSA) is 37.3 Å². The van der Waals surface area contributed by atoms with Crippen molar-refractivity contribution in [3.8, 4) is 5.69 Å². The van der Waals surface area contributed by atoms with Crippen LogP contribution in [0.1, 0.15) is 46.5 Å². The van der Waals surface area contributed by atoms with Gasteiger partial charge in [-0.15, -0.1) is 0 Å². The molecule has 0 saturated carbocycles. The summed E-state index contributed by atoms with van der Waals surface area (Å²) in [6.45, 7) is 6.78. The lowest BCUT2D eigenvalue weighted by atomic mass is 10.00. The van der Waals surface area contributed by atoms with E-state index in [0.29, 0.717) is 6.54 Å². The van der Waals surface area contributed by atoms with Crippen LogP contribution in [0.5, 0.6) is 0 Å². The van der Waals surface area contributed by atoms with Crippen molar-refractivity contribution in [1.29, 1.82) is 0 Å². The van der Waals surface area contributed by atoms with Crippen LogP contribution in [0.4, 0.5) is 10.5 Å². The Balaban J connectivity index is 1.62. The van der Waals surface area contributed by atoms with Crippen LogP contribution in [-0.4, -0.2) is 15.5 Å². The molecular weight excluding hydrogens is 406 g/mol. The van der Waals surface area contributed by atoms with E-state index >= 15 is 0 Å². The summed E-state index contributed by atoms with van der Waals surface area (Å²) in [6.07, 6.45) is 3.08. The van der Waals surface area contributed by atoms with Crippen molar-refractivity contribution in [3.63, 3.8) is 0 Å². The third kappa shape index (κ3) is 3.93. The maximum absolute atomic E-state index is 13.8. The molecule has 33 heavy (non-hydrogen) atoms. The largest absolute Gasteiger partial charge is 0.322 e. The first-order chi connectivity index (χ1) is 16.0. The van der Waals surface area contributed by atoms with Crippen molar-refractivity contribution in [2.45, 2.75) is 39.8 Å². The van der Waals surface area contributed by atoms with E-state index in [4.69, 9.17) is 0 Å². The second-order valence-electron chi connectivity index (χ2n) is 8.81. The van der Waals surface area contributed by atoms with Crippen molar-refractivity contribution in [3.05, 3.63) is 119 Å². The second kappa shape index (κ2) is 8.62. The van der Waals surface area contributed by atoms with Gasteiger partial charge < -0.3 is 14.8 Å². The van der Waals surface area contributed by atoms with Crippen LogP contribution in [0.3, 0.4) is 0 Å². The molecule has 1 N–H and O–H groups in total. The van der Waals surface area contributed by atoms with E-state index in [1.165, 1.54) is 11.1 Å². The molecule has 2 heterocycles. The molecule has 1 aliphatic heterocycles. The fraction of sp³-hybridized carbons (Fsp3) is 0.207. The normalized spacial score (nSPS) is 14.9. The summed E-state index contributed by atoms with van der Waals surface area (Å²) in [6, 6.07) is 27.0. The maximum atomic E-state index is 13.8. The van der Waals surface area contributed by atoms with Crippen LogP contribution in [0.15, 0.2) is 85.1 Å². The van der Waals surface area contributed by atoms with Gasteiger partial charge in [0.15, 0.2) is 0 Å². The number of benzene rings is 3. The lowest BCUT2D eigenvalue weighted by Crippen LogP contribution is -2.38. The van der Waals surface area contributed by atoms with Gasteiger partial charge in [-0.1, -0.05) is 67.1 Å². The Kier molecular flexibility index (Phi) is 5.51. The Morgan fingerprint density at radius 2 is 1.76 bits per heavy atom. The predicted octanol–water partition coefficient (Wildman–Crippen LogP) is 6.79. The standard InChI is InChI=1S/C29H29N3O/c1-4-22-12-14-23(15-13-22)28-27-10-7-17-31(27)26-9-6-5-8-24(26)19-32(28)29(33)30-25-16-11-20(2)18-21(25)3/h5-18,28H,4,19H2,1-3H3,(H,30,33)/t28-/m0/s1. The fourth-order valence-corrected chi connectivity index (χ4v) is 4.77. The smallest absolute Gasteiger partial charge is 0.318 e. The molecule has 1 atom stereocenters. The maximum Gasteiger partial charge on any atom is 0.322 e. The molecule has 4 heteroatoms. The zero-order chi connectivity index (χ0) is 22.9. The molecular formula is C29H29N3O. The molecule has 5 rings (SSSR count). The number of carbonyl (C=O) groups is 1. The van der Waals surface area contributed by atoms with Gasteiger partial charge in [0.05, 0.1) is 18.3 Å². The van der Waals surface area contributed by atoms with Gasteiger partial charge in [-0.3, -0.25) is 0 Å². The first-order valence-electron chi connectivity index (χ1n) is 11.5. The molecule has 4 aromatic rings. The second-order valence-corrected chi connectivity index (χ2v) is 8.81. The highest BCUT2D eigenvalue weighted by Gasteiger charge is 2.33. The predicted molar refractivity (Wildman–Crippen MR) is 134 cm³/mol. The van der Waals surface area contributed by atoms with Gasteiger partial charge in [-0.2, -0.15) is 0 Å². The molecule has 2 amide bonds. The highest BCUT2D eigenvalue weighted by molar-refractivity contribution is 5.91. The number of para-hydroxylation sites is 1. The molecule has 0 spiro atoms. The number of nitrogens with one attached hydrogen (secondary N) is 1. The van der Waals surface area contributed by atoms with Crippen molar-refractivity contribution in [2.75, 3.05) is 5.32 Å². The lowest BCUT2D eigenvalue weighted by Gasteiger charge is -2.31. The van der Waals surface area contributed by atoms with Crippen LogP contribution in [0.25, 0.3) is 5.69 Å². The van der Waals surface area contributed by atoms with E-state index in [2.05, 4.69) is 90.6 Å². The van der Waals surface area contributed by atoms with E-state index in [9.17, 15) is 4.79 Å². The molecule has 0 fully saturated rings. The zero-order valence-electron chi connectivity index (χ0n) is 19.4. The minimum atomic E-state index is -0.205. The minimum absolute atomic E-state index is 0.101. The van der Waals surface area contributed by atoms with E-state index in [0.717, 1.165) is 40.2 Å². The highest BCUT2D eigenvalue weighted by Crippen LogP contribution is 2.37. The third-order valence-corrected chi connectivity index (χ3v) is 6.55. The van der Waals surface area contributed by atoms with Crippen LogP contribution in [-0.2, 0) is 13.0 Å². The molecule has 3 aromatic carbocycles. The third-order valence-electron chi connectivity index (χ3n) is 6.55. The van der Waals surface area contributed by atoms with E-state index in [-0.39, 0.29) is 12.1 Å². The summed E-state index contributed by atoms with van der Waals surface area (Å²) in [5, 5.41) is 3.19. The van der Waals surface area contributed by atoms with Crippen molar-refractivity contribution < 1.29 is 4.79 Å². The average Bonchev–Trinajstić information content (AvgIpc) is 3.25. The number of rotatable bonds is 3. The van der Waals surface area contributed by atoms with Gasteiger partial charge in [0, 0.05) is 17.6 Å². The van der Waals surface area contributed by atoms with Crippen molar-refractivity contribution >= 4 is 11.7 Å². The molecule has 0 bridgehead atoms. The summed E-state index contributed by atoms with van der Waals surface area (Å²) in [7, 11) is 0. The van der Waals surface area contributed by atoms with Crippen LogP contribution in [0.2, 0.25) is 0 Å². The Morgan fingerprint density at radius 3 is 2.52 bits per heavy atom. The number of hydrogen-bond donors (Lipinski definition) is 1. The number of anilines is 1. The summed E-state index contributed by atoms with van der Waals surface area (Å²) < 4.78 is 2.22.